The summed E-state index contributed by atoms with van der Waals surface area (Å²) in [5, 5.41) is 7.23. The maximum absolute atomic E-state index is 12.0. The molecule has 0 atom stereocenters. The van der Waals surface area contributed by atoms with Crippen molar-refractivity contribution in [1.29, 1.82) is 0 Å². The first-order valence-corrected chi connectivity index (χ1v) is 5.78. The summed E-state index contributed by atoms with van der Waals surface area (Å²) in [5.41, 5.74) is -0.294. The number of tetrazole rings is 1. The van der Waals surface area contributed by atoms with Crippen LogP contribution in [-0.4, -0.2) is 53.8 Å². The number of amides is 1. The van der Waals surface area contributed by atoms with Gasteiger partial charge in [0, 0.05) is 13.1 Å². The van der Waals surface area contributed by atoms with Gasteiger partial charge < -0.3 is 4.90 Å². The van der Waals surface area contributed by atoms with Crippen LogP contribution in [0.1, 0.15) is 13.8 Å². The quantitative estimate of drug-likeness (QED) is 0.694. The molecule has 0 N–H and O–H groups in total. The molecule has 0 spiro atoms. The highest BCUT2D eigenvalue weighted by molar-refractivity contribution is 5.75. The molecule has 9 nitrogen and oxygen atoms in total. The molecule has 0 aliphatic rings. The minimum absolute atomic E-state index is 0.353. The van der Waals surface area contributed by atoms with Gasteiger partial charge in [-0.2, -0.15) is 4.68 Å². The third kappa shape index (κ3) is 2.34. The Morgan fingerprint density at radius 1 is 1.21 bits per heavy atom. The third-order valence-corrected chi connectivity index (χ3v) is 2.59. The van der Waals surface area contributed by atoms with Crippen molar-refractivity contribution >= 4 is 6.03 Å². The van der Waals surface area contributed by atoms with E-state index in [0.717, 1.165) is 9.36 Å². The lowest BCUT2D eigenvalue weighted by Gasteiger charge is -2.16. The Bertz CT molecular complexity index is 614. The Morgan fingerprint density at radius 3 is 2.42 bits per heavy atom. The minimum Gasteiger partial charge on any atom is -0.323 e. The monoisotopic (exact) mass is 263 g/mol. The van der Waals surface area contributed by atoms with Gasteiger partial charge in [-0.05, 0) is 24.3 Å². The SMILES string of the molecule is CCN(CC)C(=O)n1nnn(-c2cncnc2)c1=O. The highest BCUT2D eigenvalue weighted by atomic mass is 16.2. The van der Waals surface area contributed by atoms with Gasteiger partial charge >= 0.3 is 11.7 Å². The van der Waals surface area contributed by atoms with Crippen LogP contribution in [0.3, 0.4) is 0 Å². The molecule has 100 valence electrons. The van der Waals surface area contributed by atoms with Crippen molar-refractivity contribution < 1.29 is 4.79 Å². The summed E-state index contributed by atoms with van der Waals surface area (Å²) in [5.74, 6) is 0. The van der Waals surface area contributed by atoms with Gasteiger partial charge in [0.25, 0.3) is 0 Å². The molecule has 2 aromatic heterocycles. The van der Waals surface area contributed by atoms with Gasteiger partial charge in [0.1, 0.15) is 12.0 Å². The topological polar surface area (TPSA) is 98.8 Å². The summed E-state index contributed by atoms with van der Waals surface area (Å²) in [7, 11) is 0. The van der Waals surface area contributed by atoms with Gasteiger partial charge in [-0.1, -0.05) is 0 Å². The summed E-state index contributed by atoms with van der Waals surface area (Å²) < 4.78 is 1.70. The van der Waals surface area contributed by atoms with Crippen LogP contribution >= 0.6 is 0 Å². The second kappa shape index (κ2) is 5.38. The van der Waals surface area contributed by atoms with E-state index in [1.807, 2.05) is 13.8 Å². The molecule has 19 heavy (non-hydrogen) atoms. The molecule has 9 heteroatoms. The second-order valence-electron chi connectivity index (χ2n) is 3.64. The molecule has 0 fully saturated rings. The number of hydrogen-bond acceptors (Lipinski definition) is 6. The summed E-state index contributed by atoms with van der Waals surface area (Å²) in [6.07, 6.45) is 4.16. The van der Waals surface area contributed by atoms with Crippen molar-refractivity contribution in [1.82, 2.24) is 34.7 Å². The van der Waals surface area contributed by atoms with E-state index in [2.05, 4.69) is 20.4 Å². The zero-order valence-electron chi connectivity index (χ0n) is 10.6. The molecule has 0 saturated heterocycles. The van der Waals surface area contributed by atoms with Crippen molar-refractivity contribution in [3.63, 3.8) is 0 Å². The van der Waals surface area contributed by atoms with Crippen LogP contribution in [0.15, 0.2) is 23.5 Å². The second-order valence-corrected chi connectivity index (χ2v) is 3.64. The maximum atomic E-state index is 12.0. The predicted octanol–water partition coefficient (Wildman–Crippen LogP) is -0.471. The van der Waals surface area contributed by atoms with E-state index in [-0.39, 0.29) is 0 Å². The average molecular weight is 263 g/mol. The van der Waals surface area contributed by atoms with E-state index in [9.17, 15) is 9.59 Å². The Morgan fingerprint density at radius 2 is 1.84 bits per heavy atom. The van der Waals surface area contributed by atoms with Crippen LogP contribution in [0, 0.1) is 0 Å². The first-order chi connectivity index (χ1) is 9.19. The summed E-state index contributed by atoms with van der Waals surface area (Å²) in [6, 6.07) is -0.502. The molecule has 0 aromatic carbocycles. The average Bonchev–Trinajstić information content (AvgIpc) is 2.83. The number of nitrogens with zero attached hydrogens (tertiary/aromatic N) is 7. The minimum atomic E-state index is -0.647. The summed E-state index contributed by atoms with van der Waals surface area (Å²) in [4.78, 5) is 33.1. The fourth-order valence-corrected chi connectivity index (χ4v) is 1.56. The van der Waals surface area contributed by atoms with Crippen molar-refractivity contribution in [3.05, 3.63) is 29.2 Å². The largest absolute Gasteiger partial charge is 0.377 e. The Labute approximate surface area is 108 Å². The summed E-state index contributed by atoms with van der Waals surface area (Å²) >= 11 is 0. The molecule has 0 aliphatic carbocycles. The molecule has 0 aliphatic heterocycles. The van der Waals surface area contributed by atoms with Gasteiger partial charge in [-0.25, -0.2) is 19.6 Å². The highest BCUT2D eigenvalue weighted by Gasteiger charge is 2.19. The van der Waals surface area contributed by atoms with E-state index in [1.54, 1.807) is 0 Å². The van der Waals surface area contributed by atoms with Gasteiger partial charge in [0.2, 0.25) is 0 Å². The standard InChI is InChI=1S/C10H13N7O2/c1-3-15(4-2)9(18)17-10(19)16(13-14-17)8-5-11-7-12-6-8/h5-7H,3-4H2,1-2H3. The molecular formula is C10H13N7O2. The lowest BCUT2D eigenvalue weighted by atomic mass is 10.5. The van der Waals surface area contributed by atoms with Crippen LogP contribution in [0.4, 0.5) is 4.79 Å². The van der Waals surface area contributed by atoms with E-state index < -0.39 is 11.7 Å². The molecule has 2 rings (SSSR count). The summed E-state index contributed by atoms with van der Waals surface area (Å²) in [6.45, 7) is 4.62. The van der Waals surface area contributed by atoms with E-state index in [1.165, 1.54) is 23.6 Å². The fourth-order valence-electron chi connectivity index (χ4n) is 1.56. The van der Waals surface area contributed by atoms with Gasteiger partial charge in [-0.15, -0.1) is 4.68 Å². The maximum Gasteiger partial charge on any atom is 0.377 e. The normalized spacial score (nSPS) is 10.4. The van der Waals surface area contributed by atoms with Crippen LogP contribution in [0.25, 0.3) is 5.69 Å². The zero-order valence-corrected chi connectivity index (χ0v) is 10.6. The molecule has 1 amide bonds. The predicted molar refractivity (Wildman–Crippen MR) is 64.9 cm³/mol. The number of carbonyl (C=O) groups excluding carboxylic acids is 1. The van der Waals surface area contributed by atoms with Crippen LogP contribution in [0.2, 0.25) is 0 Å². The first kappa shape index (κ1) is 12.9. The van der Waals surface area contributed by atoms with Gasteiger partial charge in [-0.3, -0.25) is 0 Å². The lowest BCUT2D eigenvalue weighted by Crippen LogP contribution is -2.40. The van der Waals surface area contributed by atoms with Crippen molar-refractivity contribution in [2.75, 3.05) is 13.1 Å². The van der Waals surface area contributed by atoms with Gasteiger partial charge in [0.15, 0.2) is 0 Å². The fraction of sp³-hybridized carbons (Fsp3) is 0.400. The highest BCUT2D eigenvalue weighted by Crippen LogP contribution is 1.97. The molecule has 2 heterocycles. The molecule has 0 bridgehead atoms. The smallest absolute Gasteiger partial charge is 0.323 e. The number of carbonyl (C=O) groups is 1. The van der Waals surface area contributed by atoms with Crippen molar-refractivity contribution in [2.24, 2.45) is 0 Å². The number of aromatic nitrogens is 6. The third-order valence-electron chi connectivity index (χ3n) is 2.59. The van der Waals surface area contributed by atoms with Gasteiger partial charge in [0.05, 0.1) is 12.4 Å². The van der Waals surface area contributed by atoms with E-state index >= 15 is 0 Å². The molecule has 0 unspecified atom stereocenters. The van der Waals surface area contributed by atoms with Crippen molar-refractivity contribution in [3.8, 4) is 5.69 Å². The lowest BCUT2D eigenvalue weighted by molar-refractivity contribution is 0.200. The Balaban J connectivity index is 2.39. The van der Waals surface area contributed by atoms with Crippen molar-refractivity contribution in [2.45, 2.75) is 13.8 Å². The Kier molecular flexibility index (Phi) is 3.64. The van der Waals surface area contributed by atoms with Crippen LogP contribution < -0.4 is 5.69 Å². The number of rotatable bonds is 3. The molecule has 0 saturated carbocycles. The van der Waals surface area contributed by atoms with E-state index in [4.69, 9.17) is 0 Å². The molecule has 2 aromatic rings. The zero-order chi connectivity index (χ0) is 13.8. The Hall–Kier alpha value is -2.58. The van der Waals surface area contributed by atoms with Crippen LogP contribution in [0.5, 0.6) is 0 Å². The number of hydrogen-bond donors (Lipinski definition) is 0. The first-order valence-electron chi connectivity index (χ1n) is 5.78. The van der Waals surface area contributed by atoms with E-state index in [0.29, 0.717) is 18.8 Å². The molecule has 0 radical (unpaired) electrons. The molecular weight excluding hydrogens is 250 g/mol. The van der Waals surface area contributed by atoms with Crippen LogP contribution in [-0.2, 0) is 0 Å².